The van der Waals surface area contributed by atoms with E-state index in [-0.39, 0.29) is 5.41 Å². The highest BCUT2D eigenvalue weighted by molar-refractivity contribution is 5.87. The van der Waals surface area contributed by atoms with Gasteiger partial charge in [0.2, 0.25) is 0 Å². The molecular formula is C19H28O. The lowest BCUT2D eigenvalue weighted by Crippen LogP contribution is -2.52. The van der Waals surface area contributed by atoms with Gasteiger partial charge in [0, 0.05) is 11.8 Å². The summed E-state index contributed by atoms with van der Waals surface area (Å²) in [6.45, 7) is 4.86. The van der Waals surface area contributed by atoms with Crippen molar-refractivity contribution in [3.63, 3.8) is 0 Å². The Bertz CT molecular complexity index is 464. The molecule has 20 heavy (non-hydrogen) atoms. The summed E-state index contributed by atoms with van der Waals surface area (Å²) in [6.07, 6.45) is 14.9. The third kappa shape index (κ3) is 1.53. The minimum absolute atomic E-state index is 0.0505. The minimum Gasteiger partial charge on any atom is -0.299 e. The first-order valence-corrected chi connectivity index (χ1v) is 8.76. The van der Waals surface area contributed by atoms with Crippen molar-refractivity contribution in [2.45, 2.75) is 65.2 Å². The van der Waals surface area contributed by atoms with Crippen LogP contribution in [0, 0.1) is 34.5 Å². The van der Waals surface area contributed by atoms with Gasteiger partial charge in [-0.15, -0.1) is 0 Å². The van der Waals surface area contributed by atoms with Crippen LogP contribution in [0.5, 0.6) is 0 Å². The first kappa shape index (κ1) is 13.1. The zero-order valence-corrected chi connectivity index (χ0v) is 13.0. The van der Waals surface area contributed by atoms with Gasteiger partial charge in [-0.1, -0.05) is 26.0 Å². The number of fused-ring (bicyclic) bond motifs is 5. The first-order valence-electron chi connectivity index (χ1n) is 8.76. The van der Waals surface area contributed by atoms with Crippen LogP contribution < -0.4 is 0 Å². The average Bonchev–Trinajstić information content (AvgIpc) is 2.74. The normalized spacial score (nSPS) is 54.2. The molecule has 4 aliphatic carbocycles. The molecule has 0 aromatic carbocycles. The Hall–Kier alpha value is -0.590. The van der Waals surface area contributed by atoms with Gasteiger partial charge in [-0.2, -0.15) is 0 Å². The number of rotatable bonds is 0. The molecule has 3 fully saturated rings. The van der Waals surface area contributed by atoms with Crippen molar-refractivity contribution in [3.8, 4) is 0 Å². The minimum atomic E-state index is 0.0505. The van der Waals surface area contributed by atoms with Crippen LogP contribution in [0.1, 0.15) is 65.2 Å². The standard InChI is InChI=1S/C19H28O/c1-18-11-4-3-5-13(18)6-7-14-15-8-9-17(20)19(15,2)12-10-16(14)18/h3,5,13-16H,4,6-12H2,1-2H3/t13-,14+,15+,16+,18+,19+/m0/s1. The lowest BCUT2D eigenvalue weighted by atomic mass is 9.46. The molecule has 0 saturated heterocycles. The van der Waals surface area contributed by atoms with Crippen molar-refractivity contribution in [3.05, 3.63) is 12.2 Å². The van der Waals surface area contributed by atoms with Gasteiger partial charge in [-0.25, -0.2) is 0 Å². The molecule has 0 aliphatic heterocycles. The Morgan fingerprint density at radius 1 is 1.05 bits per heavy atom. The molecule has 0 heterocycles. The van der Waals surface area contributed by atoms with Crippen molar-refractivity contribution in [2.75, 3.05) is 0 Å². The largest absolute Gasteiger partial charge is 0.299 e. The molecule has 0 spiro atoms. The Balaban J connectivity index is 1.68. The number of carbonyl (C=O) groups excluding carboxylic acids is 1. The second kappa shape index (κ2) is 4.21. The lowest BCUT2D eigenvalue weighted by molar-refractivity contribution is -0.135. The first-order chi connectivity index (χ1) is 9.56. The molecule has 0 amide bonds. The summed E-state index contributed by atoms with van der Waals surface area (Å²) in [5.41, 5.74) is 0.583. The molecule has 0 radical (unpaired) electrons. The molecule has 0 aromatic rings. The maximum atomic E-state index is 12.4. The number of ketones is 1. The van der Waals surface area contributed by atoms with Gasteiger partial charge in [0.25, 0.3) is 0 Å². The average molecular weight is 272 g/mol. The smallest absolute Gasteiger partial charge is 0.139 e. The van der Waals surface area contributed by atoms with Crippen molar-refractivity contribution in [1.29, 1.82) is 0 Å². The number of carbonyl (C=O) groups is 1. The summed E-state index contributed by atoms with van der Waals surface area (Å²) < 4.78 is 0. The number of Topliss-reactive ketones (excluding diaryl/α,β-unsaturated/α-hetero) is 1. The molecular weight excluding hydrogens is 244 g/mol. The van der Waals surface area contributed by atoms with E-state index >= 15 is 0 Å². The summed E-state index contributed by atoms with van der Waals surface area (Å²) in [5, 5.41) is 0. The molecule has 0 aromatic heterocycles. The highest BCUT2D eigenvalue weighted by atomic mass is 16.1. The predicted molar refractivity (Wildman–Crippen MR) is 81.3 cm³/mol. The molecule has 1 nitrogen and oxygen atoms in total. The van der Waals surface area contributed by atoms with Gasteiger partial charge >= 0.3 is 0 Å². The monoisotopic (exact) mass is 272 g/mol. The van der Waals surface area contributed by atoms with Crippen LogP contribution in [0.15, 0.2) is 12.2 Å². The van der Waals surface area contributed by atoms with Crippen LogP contribution in [0.4, 0.5) is 0 Å². The fraction of sp³-hybridized carbons (Fsp3) is 0.842. The van der Waals surface area contributed by atoms with Crippen LogP contribution in [0.25, 0.3) is 0 Å². The fourth-order valence-electron chi connectivity index (χ4n) is 6.60. The Morgan fingerprint density at radius 3 is 2.75 bits per heavy atom. The van der Waals surface area contributed by atoms with Crippen LogP contribution in [0.2, 0.25) is 0 Å². The van der Waals surface area contributed by atoms with Gasteiger partial charge in [-0.05, 0) is 74.0 Å². The summed E-state index contributed by atoms with van der Waals surface area (Å²) in [5.74, 6) is 3.83. The quantitative estimate of drug-likeness (QED) is 0.581. The van der Waals surface area contributed by atoms with E-state index < -0.39 is 0 Å². The fourth-order valence-corrected chi connectivity index (χ4v) is 6.60. The van der Waals surface area contributed by atoms with Gasteiger partial charge in [0.15, 0.2) is 0 Å². The summed E-state index contributed by atoms with van der Waals surface area (Å²) in [6, 6.07) is 0. The second-order valence-corrected chi connectivity index (χ2v) is 8.45. The van der Waals surface area contributed by atoms with Gasteiger partial charge < -0.3 is 0 Å². The molecule has 0 unspecified atom stereocenters. The van der Waals surface area contributed by atoms with E-state index in [0.717, 1.165) is 24.2 Å². The Morgan fingerprint density at radius 2 is 1.90 bits per heavy atom. The highest BCUT2D eigenvalue weighted by Crippen LogP contribution is 2.64. The van der Waals surface area contributed by atoms with E-state index in [1.165, 1.54) is 44.9 Å². The molecule has 110 valence electrons. The van der Waals surface area contributed by atoms with E-state index in [4.69, 9.17) is 0 Å². The summed E-state index contributed by atoms with van der Waals surface area (Å²) >= 11 is 0. The van der Waals surface area contributed by atoms with E-state index in [0.29, 0.717) is 17.1 Å². The third-order valence-corrected chi connectivity index (χ3v) is 7.87. The molecule has 4 aliphatic rings. The van der Waals surface area contributed by atoms with Crippen molar-refractivity contribution >= 4 is 5.78 Å². The maximum absolute atomic E-state index is 12.4. The molecule has 6 atom stereocenters. The van der Waals surface area contributed by atoms with Gasteiger partial charge in [0.05, 0.1) is 0 Å². The molecule has 0 N–H and O–H groups in total. The number of allylic oxidation sites excluding steroid dienone is 2. The Kier molecular flexibility index (Phi) is 2.76. The summed E-state index contributed by atoms with van der Waals surface area (Å²) in [4.78, 5) is 12.4. The molecule has 0 bridgehead atoms. The van der Waals surface area contributed by atoms with Crippen molar-refractivity contribution < 1.29 is 4.79 Å². The van der Waals surface area contributed by atoms with E-state index in [2.05, 4.69) is 26.0 Å². The maximum Gasteiger partial charge on any atom is 0.139 e. The predicted octanol–water partition coefficient (Wildman–Crippen LogP) is 4.76. The van der Waals surface area contributed by atoms with Crippen LogP contribution in [0.3, 0.4) is 0 Å². The van der Waals surface area contributed by atoms with E-state index in [9.17, 15) is 4.79 Å². The van der Waals surface area contributed by atoms with E-state index in [1.807, 2.05) is 0 Å². The SMILES string of the molecule is C[C@@]12CCC=C[C@H]1CC[C@H]1[C@H]2CC[C@@]2(C)C(=O)CC[C@H]12. The zero-order valence-electron chi connectivity index (χ0n) is 13.0. The van der Waals surface area contributed by atoms with Crippen molar-refractivity contribution in [2.24, 2.45) is 34.5 Å². The van der Waals surface area contributed by atoms with Crippen LogP contribution in [-0.2, 0) is 4.79 Å². The second-order valence-electron chi connectivity index (χ2n) is 8.45. The van der Waals surface area contributed by atoms with Crippen molar-refractivity contribution in [1.82, 2.24) is 0 Å². The summed E-state index contributed by atoms with van der Waals surface area (Å²) in [7, 11) is 0. The highest BCUT2D eigenvalue weighted by Gasteiger charge is 2.59. The molecule has 3 saturated carbocycles. The number of hydrogen-bond acceptors (Lipinski definition) is 1. The van der Waals surface area contributed by atoms with Gasteiger partial charge in [-0.3, -0.25) is 4.79 Å². The zero-order chi connectivity index (χ0) is 14.0. The van der Waals surface area contributed by atoms with E-state index in [1.54, 1.807) is 0 Å². The molecule has 4 rings (SSSR count). The van der Waals surface area contributed by atoms with Gasteiger partial charge in [0.1, 0.15) is 5.78 Å². The Labute approximate surface area is 123 Å². The lowest BCUT2D eigenvalue weighted by Gasteiger charge is -2.58. The number of hydrogen-bond donors (Lipinski definition) is 0. The third-order valence-electron chi connectivity index (χ3n) is 7.87. The molecule has 1 heteroatoms. The van der Waals surface area contributed by atoms with Crippen LogP contribution in [-0.4, -0.2) is 5.78 Å². The van der Waals surface area contributed by atoms with Crippen LogP contribution >= 0.6 is 0 Å². The topological polar surface area (TPSA) is 17.1 Å².